The first kappa shape index (κ1) is 15.3. The van der Waals surface area contributed by atoms with E-state index in [0.717, 1.165) is 24.2 Å². The number of carbonyl (C=O) groups excluding carboxylic acids is 1. The molecule has 1 saturated carbocycles. The SMILES string of the molecule is NC1C2C=CC(C2)C1C(=O)NCCCc1nc2ccc(F)cc2[nH]1. The number of aromatic amines is 1. The number of hydrogen-bond donors (Lipinski definition) is 3. The van der Waals surface area contributed by atoms with Crippen LogP contribution in [0.2, 0.25) is 0 Å². The number of allylic oxidation sites excluding steroid dienone is 1. The number of amides is 1. The molecule has 2 aromatic rings. The van der Waals surface area contributed by atoms with Crippen LogP contribution >= 0.6 is 0 Å². The van der Waals surface area contributed by atoms with Crippen LogP contribution in [0.25, 0.3) is 11.0 Å². The highest BCUT2D eigenvalue weighted by atomic mass is 19.1. The van der Waals surface area contributed by atoms with Gasteiger partial charge in [-0.3, -0.25) is 4.79 Å². The van der Waals surface area contributed by atoms with Crippen molar-refractivity contribution in [1.29, 1.82) is 0 Å². The fourth-order valence-electron chi connectivity index (χ4n) is 3.97. The van der Waals surface area contributed by atoms with E-state index in [4.69, 9.17) is 5.73 Å². The van der Waals surface area contributed by atoms with Crippen molar-refractivity contribution >= 4 is 16.9 Å². The predicted octanol–water partition coefficient (Wildman–Crippen LogP) is 1.90. The second-order valence-corrected chi connectivity index (χ2v) is 6.79. The van der Waals surface area contributed by atoms with Gasteiger partial charge in [-0.2, -0.15) is 0 Å². The summed E-state index contributed by atoms with van der Waals surface area (Å²) in [4.78, 5) is 19.9. The Kier molecular flexibility index (Phi) is 3.84. The number of imidazole rings is 1. The molecule has 2 aliphatic carbocycles. The maximum atomic E-state index is 13.2. The van der Waals surface area contributed by atoms with E-state index in [0.29, 0.717) is 30.3 Å². The molecule has 2 aliphatic rings. The van der Waals surface area contributed by atoms with Crippen molar-refractivity contribution in [3.63, 3.8) is 0 Å². The highest BCUT2D eigenvalue weighted by Gasteiger charge is 2.46. The number of H-pyrrole nitrogens is 1. The Morgan fingerprint density at radius 3 is 3.00 bits per heavy atom. The van der Waals surface area contributed by atoms with Crippen LogP contribution in [0.1, 0.15) is 18.7 Å². The number of nitrogens with zero attached hydrogens (tertiary/aromatic N) is 1. The van der Waals surface area contributed by atoms with E-state index in [1.54, 1.807) is 6.07 Å². The predicted molar refractivity (Wildman–Crippen MR) is 89.6 cm³/mol. The Bertz CT molecular complexity index is 799. The fourth-order valence-corrected chi connectivity index (χ4v) is 3.97. The Morgan fingerprint density at radius 2 is 2.21 bits per heavy atom. The van der Waals surface area contributed by atoms with Crippen molar-refractivity contribution in [3.05, 3.63) is 42.0 Å². The minimum atomic E-state index is -0.277. The quantitative estimate of drug-likeness (QED) is 0.579. The molecule has 5 nitrogen and oxygen atoms in total. The molecule has 0 radical (unpaired) electrons. The summed E-state index contributed by atoms with van der Waals surface area (Å²) < 4.78 is 13.2. The van der Waals surface area contributed by atoms with E-state index in [1.165, 1.54) is 12.1 Å². The molecule has 4 unspecified atom stereocenters. The number of halogens is 1. The summed E-state index contributed by atoms with van der Waals surface area (Å²) in [5.41, 5.74) is 7.62. The Labute approximate surface area is 139 Å². The molecule has 1 amide bonds. The monoisotopic (exact) mass is 328 g/mol. The van der Waals surface area contributed by atoms with E-state index < -0.39 is 0 Å². The topological polar surface area (TPSA) is 83.8 Å². The average molecular weight is 328 g/mol. The van der Waals surface area contributed by atoms with E-state index >= 15 is 0 Å². The second-order valence-electron chi connectivity index (χ2n) is 6.79. The van der Waals surface area contributed by atoms with Gasteiger partial charge in [0.15, 0.2) is 0 Å². The number of benzene rings is 1. The van der Waals surface area contributed by atoms with Crippen molar-refractivity contribution < 1.29 is 9.18 Å². The maximum Gasteiger partial charge on any atom is 0.225 e. The number of rotatable bonds is 5. The molecule has 0 saturated heterocycles. The maximum absolute atomic E-state index is 13.2. The van der Waals surface area contributed by atoms with Crippen molar-refractivity contribution in [1.82, 2.24) is 15.3 Å². The van der Waals surface area contributed by atoms with Crippen molar-refractivity contribution in [2.24, 2.45) is 23.5 Å². The lowest BCUT2D eigenvalue weighted by Crippen LogP contribution is -2.44. The van der Waals surface area contributed by atoms with Crippen molar-refractivity contribution in [2.75, 3.05) is 6.54 Å². The molecule has 1 heterocycles. The Morgan fingerprint density at radius 1 is 1.38 bits per heavy atom. The first-order valence-electron chi connectivity index (χ1n) is 8.47. The average Bonchev–Trinajstić information content (AvgIpc) is 3.24. The third kappa shape index (κ3) is 2.71. The highest BCUT2D eigenvalue weighted by molar-refractivity contribution is 5.81. The third-order valence-electron chi connectivity index (χ3n) is 5.21. The number of nitrogens with one attached hydrogen (secondary N) is 2. The zero-order valence-electron chi connectivity index (χ0n) is 13.3. The van der Waals surface area contributed by atoms with Crippen LogP contribution in [-0.2, 0) is 11.2 Å². The normalized spacial score (nSPS) is 27.9. The van der Waals surface area contributed by atoms with Gasteiger partial charge in [0.25, 0.3) is 0 Å². The van der Waals surface area contributed by atoms with Crippen LogP contribution < -0.4 is 11.1 Å². The Balaban J connectivity index is 1.28. The molecule has 4 atom stereocenters. The number of carbonyl (C=O) groups is 1. The van der Waals surface area contributed by atoms with Gasteiger partial charge in [0.2, 0.25) is 5.91 Å². The second kappa shape index (κ2) is 6.02. The molecule has 4 N–H and O–H groups in total. The summed E-state index contributed by atoms with van der Waals surface area (Å²) in [6, 6.07) is 4.46. The molecule has 0 aliphatic heterocycles. The zero-order valence-corrected chi connectivity index (χ0v) is 13.3. The van der Waals surface area contributed by atoms with Gasteiger partial charge in [-0.1, -0.05) is 12.2 Å². The van der Waals surface area contributed by atoms with E-state index in [9.17, 15) is 9.18 Å². The number of aryl methyl sites for hydroxylation is 1. The van der Waals surface area contributed by atoms with Gasteiger partial charge >= 0.3 is 0 Å². The number of hydrogen-bond acceptors (Lipinski definition) is 3. The number of nitrogens with two attached hydrogens (primary N) is 1. The summed E-state index contributed by atoms with van der Waals surface area (Å²) in [6.45, 7) is 0.592. The highest BCUT2D eigenvalue weighted by Crippen LogP contribution is 2.42. The minimum absolute atomic E-state index is 0.0507. The summed E-state index contributed by atoms with van der Waals surface area (Å²) in [7, 11) is 0. The van der Waals surface area contributed by atoms with Gasteiger partial charge < -0.3 is 16.0 Å². The smallest absolute Gasteiger partial charge is 0.225 e. The molecule has 1 fully saturated rings. The van der Waals surface area contributed by atoms with Crippen LogP contribution in [0, 0.1) is 23.6 Å². The van der Waals surface area contributed by atoms with E-state index in [2.05, 4.69) is 27.4 Å². The van der Waals surface area contributed by atoms with Crippen LogP contribution in [0.15, 0.2) is 30.4 Å². The van der Waals surface area contributed by atoms with Crippen LogP contribution in [-0.4, -0.2) is 28.5 Å². The third-order valence-corrected chi connectivity index (χ3v) is 5.21. The molecule has 0 spiro atoms. The Hall–Kier alpha value is -2.21. The molecule has 126 valence electrons. The van der Waals surface area contributed by atoms with Crippen LogP contribution in [0.5, 0.6) is 0 Å². The molecule has 4 rings (SSSR count). The standard InChI is InChI=1S/C18H21FN4O/c19-12-5-6-13-14(9-12)23-15(22-13)2-1-7-21-18(24)16-10-3-4-11(8-10)17(16)20/h3-6,9-11,16-17H,1-2,7-8,20H2,(H,21,24)(H,22,23). The lowest BCUT2D eigenvalue weighted by Gasteiger charge is -2.23. The summed E-state index contributed by atoms with van der Waals surface area (Å²) in [5, 5.41) is 3.00. The largest absolute Gasteiger partial charge is 0.356 e. The molecule has 6 heteroatoms. The van der Waals surface area contributed by atoms with Gasteiger partial charge in [0, 0.05) is 19.0 Å². The minimum Gasteiger partial charge on any atom is -0.356 e. The van der Waals surface area contributed by atoms with Crippen LogP contribution in [0.3, 0.4) is 0 Å². The van der Waals surface area contributed by atoms with Crippen LogP contribution in [0.4, 0.5) is 4.39 Å². The zero-order chi connectivity index (χ0) is 16.7. The summed E-state index contributed by atoms with van der Waals surface area (Å²) >= 11 is 0. The first-order valence-corrected chi connectivity index (χ1v) is 8.47. The molecule has 1 aromatic heterocycles. The van der Waals surface area contributed by atoms with Crippen molar-refractivity contribution in [3.8, 4) is 0 Å². The van der Waals surface area contributed by atoms with Gasteiger partial charge in [0.05, 0.1) is 17.0 Å². The number of fused-ring (bicyclic) bond motifs is 3. The van der Waals surface area contributed by atoms with E-state index in [-0.39, 0.29) is 23.7 Å². The van der Waals surface area contributed by atoms with Gasteiger partial charge in [0.1, 0.15) is 11.6 Å². The number of aromatic nitrogens is 2. The molecule has 24 heavy (non-hydrogen) atoms. The lowest BCUT2D eigenvalue weighted by molar-refractivity contribution is -0.126. The van der Waals surface area contributed by atoms with Gasteiger partial charge in [-0.05, 0) is 42.9 Å². The lowest BCUT2D eigenvalue weighted by atomic mass is 9.89. The summed E-state index contributed by atoms with van der Waals surface area (Å²) in [5.74, 6) is 1.17. The van der Waals surface area contributed by atoms with Crippen molar-refractivity contribution in [2.45, 2.75) is 25.3 Å². The van der Waals surface area contributed by atoms with Gasteiger partial charge in [-0.25, -0.2) is 9.37 Å². The van der Waals surface area contributed by atoms with Gasteiger partial charge in [-0.15, -0.1) is 0 Å². The molecular formula is C18H21FN4O. The molecule has 1 aromatic carbocycles. The fraction of sp³-hybridized carbons (Fsp3) is 0.444. The first-order chi connectivity index (χ1) is 11.6. The molecule has 2 bridgehead atoms. The van der Waals surface area contributed by atoms with E-state index in [1.807, 2.05) is 0 Å². The molecular weight excluding hydrogens is 307 g/mol. The summed E-state index contributed by atoms with van der Waals surface area (Å²) in [6.07, 6.45) is 6.77.